The Balaban J connectivity index is 1.98. The molecule has 1 saturated heterocycles. The van der Waals surface area contributed by atoms with Gasteiger partial charge in [-0.15, -0.1) is 11.8 Å². The lowest BCUT2D eigenvalue weighted by Crippen LogP contribution is -2.44. The van der Waals surface area contributed by atoms with Gasteiger partial charge in [0.05, 0.1) is 7.11 Å². The van der Waals surface area contributed by atoms with E-state index < -0.39 is 0 Å². The molecule has 0 unspecified atom stereocenters. The molecule has 1 aliphatic rings. The van der Waals surface area contributed by atoms with E-state index in [1.165, 1.54) is 7.11 Å². The number of ether oxygens (including phenoxy) is 1. The minimum Gasteiger partial charge on any atom is -0.468 e. The third-order valence-electron chi connectivity index (χ3n) is 3.30. The maximum atomic E-state index is 12.2. The van der Waals surface area contributed by atoms with Crippen molar-refractivity contribution < 1.29 is 14.3 Å². The minimum atomic E-state index is -0.278. The molecule has 0 saturated carbocycles. The highest BCUT2D eigenvalue weighted by molar-refractivity contribution is 8.00. The molecule has 0 spiro atoms. The van der Waals surface area contributed by atoms with Crippen LogP contribution in [-0.4, -0.2) is 48.0 Å². The van der Waals surface area contributed by atoms with Gasteiger partial charge in [-0.05, 0) is 18.6 Å². The van der Waals surface area contributed by atoms with Crippen molar-refractivity contribution in [2.24, 2.45) is 0 Å². The van der Waals surface area contributed by atoms with Crippen LogP contribution in [0, 0.1) is 6.92 Å². The second-order valence-electron chi connectivity index (χ2n) is 4.91. The quantitative estimate of drug-likeness (QED) is 0.634. The molecule has 4 nitrogen and oxygen atoms in total. The van der Waals surface area contributed by atoms with Gasteiger partial charge in [-0.1, -0.05) is 29.8 Å². The molecule has 1 atom stereocenters. The number of carbonyl (C=O) groups is 2. The fraction of sp³-hybridized carbons (Fsp3) is 0.375. The monoisotopic (exact) mass is 305 g/mol. The number of thioether (sulfide) groups is 1. The van der Waals surface area contributed by atoms with Gasteiger partial charge in [0.1, 0.15) is 5.25 Å². The molecule has 0 bridgehead atoms. The van der Waals surface area contributed by atoms with Crippen molar-refractivity contribution in [1.29, 1.82) is 0 Å². The summed E-state index contributed by atoms with van der Waals surface area (Å²) in [5.41, 5.74) is 2.16. The van der Waals surface area contributed by atoms with Crippen LogP contribution in [0.25, 0.3) is 6.08 Å². The van der Waals surface area contributed by atoms with E-state index >= 15 is 0 Å². The summed E-state index contributed by atoms with van der Waals surface area (Å²) < 4.78 is 4.74. The molecule has 5 heteroatoms. The van der Waals surface area contributed by atoms with E-state index in [2.05, 4.69) is 0 Å². The number of methoxy groups -OCH3 is 1. The average molecular weight is 305 g/mol. The van der Waals surface area contributed by atoms with Crippen LogP contribution in [0.5, 0.6) is 0 Å². The standard InChI is InChI=1S/C16H19NO3S/c1-12-4-3-5-13(10-12)6-7-15(18)17-8-9-21-14(11-17)16(19)20-2/h3-7,10,14H,8-9,11H2,1-2H3/b7-6+/t14-/m0/s1. The molecule has 1 heterocycles. The van der Waals surface area contributed by atoms with Crippen molar-refractivity contribution in [2.45, 2.75) is 12.2 Å². The highest BCUT2D eigenvalue weighted by Crippen LogP contribution is 2.20. The van der Waals surface area contributed by atoms with Crippen molar-refractivity contribution in [1.82, 2.24) is 4.90 Å². The lowest BCUT2D eigenvalue weighted by molar-refractivity contribution is -0.140. The molecule has 1 fully saturated rings. The molecule has 1 aliphatic heterocycles. The van der Waals surface area contributed by atoms with Crippen molar-refractivity contribution in [3.8, 4) is 0 Å². The first-order chi connectivity index (χ1) is 10.1. The maximum absolute atomic E-state index is 12.2. The Labute approximate surface area is 129 Å². The van der Waals surface area contributed by atoms with Crippen LogP contribution in [0.1, 0.15) is 11.1 Å². The topological polar surface area (TPSA) is 46.6 Å². The first-order valence-electron chi connectivity index (χ1n) is 6.83. The Morgan fingerprint density at radius 1 is 1.43 bits per heavy atom. The van der Waals surface area contributed by atoms with Crippen molar-refractivity contribution >= 4 is 29.7 Å². The molecule has 112 valence electrons. The fourth-order valence-electron chi connectivity index (χ4n) is 2.17. The van der Waals surface area contributed by atoms with Gasteiger partial charge in [0, 0.05) is 24.9 Å². The third-order valence-corrected chi connectivity index (χ3v) is 4.46. The highest BCUT2D eigenvalue weighted by atomic mass is 32.2. The van der Waals surface area contributed by atoms with Gasteiger partial charge < -0.3 is 9.64 Å². The summed E-state index contributed by atoms with van der Waals surface area (Å²) in [7, 11) is 1.38. The number of rotatable bonds is 3. The van der Waals surface area contributed by atoms with E-state index in [1.807, 2.05) is 37.3 Å². The largest absolute Gasteiger partial charge is 0.468 e. The Morgan fingerprint density at radius 3 is 2.95 bits per heavy atom. The van der Waals surface area contributed by atoms with Crippen molar-refractivity contribution in [2.75, 3.05) is 26.0 Å². The van der Waals surface area contributed by atoms with Crippen LogP contribution in [0.4, 0.5) is 0 Å². The SMILES string of the molecule is COC(=O)[C@@H]1CN(C(=O)/C=C/c2cccc(C)c2)CCS1. The van der Waals surface area contributed by atoms with Crippen LogP contribution in [0.3, 0.4) is 0 Å². The van der Waals surface area contributed by atoms with Gasteiger partial charge in [0.2, 0.25) is 5.91 Å². The van der Waals surface area contributed by atoms with E-state index in [0.717, 1.165) is 16.9 Å². The van der Waals surface area contributed by atoms with E-state index in [1.54, 1.807) is 22.7 Å². The summed E-state index contributed by atoms with van der Waals surface area (Å²) in [6.07, 6.45) is 3.38. The van der Waals surface area contributed by atoms with Gasteiger partial charge in [0.25, 0.3) is 0 Å². The zero-order chi connectivity index (χ0) is 15.2. The molecule has 0 N–H and O–H groups in total. The number of carbonyl (C=O) groups excluding carboxylic acids is 2. The molecular formula is C16H19NO3S. The lowest BCUT2D eigenvalue weighted by Gasteiger charge is -2.30. The number of hydrogen-bond donors (Lipinski definition) is 0. The molecule has 21 heavy (non-hydrogen) atoms. The Hall–Kier alpha value is -1.75. The van der Waals surface area contributed by atoms with E-state index in [4.69, 9.17) is 4.74 Å². The zero-order valence-electron chi connectivity index (χ0n) is 12.2. The van der Waals surface area contributed by atoms with Crippen LogP contribution in [0.15, 0.2) is 30.3 Å². The normalized spacial score (nSPS) is 18.8. The van der Waals surface area contributed by atoms with Gasteiger partial charge in [-0.25, -0.2) is 0 Å². The summed E-state index contributed by atoms with van der Waals surface area (Å²) in [4.78, 5) is 25.4. The highest BCUT2D eigenvalue weighted by Gasteiger charge is 2.28. The maximum Gasteiger partial charge on any atom is 0.320 e. The van der Waals surface area contributed by atoms with E-state index in [0.29, 0.717) is 13.1 Å². The predicted molar refractivity (Wildman–Crippen MR) is 85.1 cm³/mol. The van der Waals surface area contributed by atoms with Gasteiger partial charge in [0.15, 0.2) is 0 Å². The second-order valence-corrected chi connectivity index (χ2v) is 6.22. The summed E-state index contributed by atoms with van der Waals surface area (Å²) in [6.45, 7) is 3.09. The number of nitrogens with zero attached hydrogens (tertiary/aromatic N) is 1. The fourth-order valence-corrected chi connectivity index (χ4v) is 3.30. The Bertz CT molecular complexity index is 556. The van der Waals surface area contributed by atoms with Crippen LogP contribution in [-0.2, 0) is 14.3 Å². The molecule has 0 radical (unpaired) electrons. The molecule has 1 aromatic carbocycles. The smallest absolute Gasteiger partial charge is 0.320 e. The van der Waals surface area contributed by atoms with Gasteiger partial charge >= 0.3 is 5.97 Å². The Morgan fingerprint density at radius 2 is 2.24 bits per heavy atom. The second kappa shape index (κ2) is 7.31. The first-order valence-corrected chi connectivity index (χ1v) is 7.88. The lowest BCUT2D eigenvalue weighted by atomic mass is 10.1. The van der Waals surface area contributed by atoms with E-state index in [9.17, 15) is 9.59 Å². The van der Waals surface area contributed by atoms with Crippen LogP contribution >= 0.6 is 11.8 Å². The van der Waals surface area contributed by atoms with Crippen molar-refractivity contribution in [3.63, 3.8) is 0 Å². The summed E-state index contributed by atoms with van der Waals surface area (Å²) in [6, 6.07) is 7.96. The van der Waals surface area contributed by atoms with Crippen molar-refractivity contribution in [3.05, 3.63) is 41.5 Å². The molecular weight excluding hydrogens is 286 g/mol. The zero-order valence-corrected chi connectivity index (χ0v) is 13.1. The molecule has 2 rings (SSSR count). The number of amides is 1. The molecule has 0 aromatic heterocycles. The first kappa shape index (κ1) is 15.6. The van der Waals surface area contributed by atoms with Crippen LogP contribution in [0.2, 0.25) is 0 Å². The number of benzene rings is 1. The van der Waals surface area contributed by atoms with Gasteiger partial charge in [-0.3, -0.25) is 9.59 Å². The number of hydrogen-bond acceptors (Lipinski definition) is 4. The summed E-state index contributed by atoms with van der Waals surface area (Å²) in [5.74, 6) is 0.426. The van der Waals surface area contributed by atoms with Gasteiger partial charge in [-0.2, -0.15) is 0 Å². The molecule has 1 aromatic rings. The number of esters is 1. The third kappa shape index (κ3) is 4.36. The number of aryl methyl sites for hydroxylation is 1. The van der Waals surface area contributed by atoms with E-state index in [-0.39, 0.29) is 17.1 Å². The van der Waals surface area contributed by atoms with Crippen LogP contribution < -0.4 is 0 Å². The Kier molecular flexibility index (Phi) is 5.44. The molecule has 1 amide bonds. The summed E-state index contributed by atoms with van der Waals surface area (Å²) in [5, 5.41) is -0.278. The summed E-state index contributed by atoms with van der Waals surface area (Å²) >= 11 is 1.54. The molecule has 0 aliphatic carbocycles. The predicted octanol–water partition coefficient (Wildman–Crippen LogP) is 2.13. The average Bonchev–Trinajstić information content (AvgIpc) is 2.52. The minimum absolute atomic E-state index is 0.0642.